The van der Waals surface area contributed by atoms with Gasteiger partial charge in [0.25, 0.3) is 5.91 Å². The van der Waals surface area contributed by atoms with Gasteiger partial charge in [-0.25, -0.2) is 0 Å². The molecule has 3 aliphatic rings. The maximum Gasteiger partial charge on any atom is 0.311 e. The van der Waals surface area contributed by atoms with Crippen molar-refractivity contribution in [1.29, 1.82) is 0 Å². The highest BCUT2D eigenvalue weighted by molar-refractivity contribution is 5.93. The highest BCUT2D eigenvalue weighted by atomic mass is 16.5. The molecule has 2 saturated heterocycles. The van der Waals surface area contributed by atoms with Crippen LogP contribution in [0, 0.1) is 5.92 Å². The molecule has 0 spiro atoms. The molecule has 7 heteroatoms. The van der Waals surface area contributed by atoms with E-state index in [9.17, 15) is 14.4 Å². The molecule has 1 saturated carbocycles. The Hall–Kier alpha value is -2.57. The predicted octanol–water partition coefficient (Wildman–Crippen LogP) is 2.95. The topological polar surface area (TPSA) is 79.0 Å². The summed E-state index contributed by atoms with van der Waals surface area (Å²) in [6, 6.07) is 8.03. The summed E-state index contributed by atoms with van der Waals surface area (Å²) >= 11 is 0. The molecule has 1 aromatic rings. The summed E-state index contributed by atoms with van der Waals surface area (Å²) in [4.78, 5) is 40.9. The number of amides is 2. The monoisotopic (exact) mass is 413 g/mol. The Morgan fingerprint density at radius 1 is 1.00 bits per heavy atom. The largest absolute Gasteiger partial charge is 0.455 e. The maximum absolute atomic E-state index is 12.3. The summed E-state index contributed by atoms with van der Waals surface area (Å²) in [5, 5.41) is 2.77. The molecule has 0 unspecified atom stereocenters. The van der Waals surface area contributed by atoms with Crippen molar-refractivity contribution < 1.29 is 19.1 Å². The first kappa shape index (κ1) is 20.7. The van der Waals surface area contributed by atoms with Crippen LogP contribution in [0.4, 0.5) is 11.4 Å². The van der Waals surface area contributed by atoms with Crippen molar-refractivity contribution in [2.24, 2.45) is 5.92 Å². The molecule has 2 heterocycles. The number of carbonyl (C=O) groups excluding carboxylic acids is 3. The smallest absolute Gasteiger partial charge is 0.311 e. The number of anilines is 2. The van der Waals surface area contributed by atoms with Crippen molar-refractivity contribution in [3.05, 3.63) is 24.3 Å². The van der Waals surface area contributed by atoms with E-state index in [1.54, 1.807) is 0 Å². The predicted molar refractivity (Wildman–Crippen MR) is 114 cm³/mol. The van der Waals surface area contributed by atoms with Gasteiger partial charge in [-0.05, 0) is 56.4 Å². The molecule has 30 heavy (non-hydrogen) atoms. The fourth-order valence-electron chi connectivity index (χ4n) is 4.82. The number of benzene rings is 1. The average molecular weight is 414 g/mol. The Labute approximate surface area is 177 Å². The Balaban J connectivity index is 1.21. The molecule has 1 N–H and O–H groups in total. The van der Waals surface area contributed by atoms with Gasteiger partial charge in [0.1, 0.15) is 0 Å². The number of carbonyl (C=O) groups is 3. The van der Waals surface area contributed by atoms with Crippen LogP contribution in [0.15, 0.2) is 24.3 Å². The van der Waals surface area contributed by atoms with E-state index in [2.05, 4.69) is 10.2 Å². The summed E-state index contributed by atoms with van der Waals surface area (Å²) in [6.07, 6.45) is 8.24. The number of hydrogen-bond donors (Lipinski definition) is 1. The highest BCUT2D eigenvalue weighted by Crippen LogP contribution is 2.30. The Morgan fingerprint density at radius 2 is 1.70 bits per heavy atom. The van der Waals surface area contributed by atoms with Crippen LogP contribution in [-0.2, 0) is 19.1 Å². The standard InChI is InChI=1S/C23H31N3O4/c27-21(24-18-8-10-19(11-9-18)25-12-4-1-5-13-25)16-30-23(29)17-14-22(28)26(15-17)20-6-2-3-7-20/h8-11,17,20H,1-7,12-16H2,(H,24,27)/t17-/m0/s1. The minimum atomic E-state index is -0.463. The van der Waals surface area contributed by atoms with Crippen LogP contribution in [0.2, 0.25) is 0 Å². The minimum Gasteiger partial charge on any atom is -0.455 e. The molecule has 1 aromatic carbocycles. The summed E-state index contributed by atoms with van der Waals surface area (Å²) in [5.74, 6) is -1.26. The number of ether oxygens (including phenoxy) is 1. The fraction of sp³-hybridized carbons (Fsp3) is 0.609. The number of hydrogen-bond acceptors (Lipinski definition) is 5. The second-order valence-electron chi connectivity index (χ2n) is 8.64. The molecule has 4 rings (SSSR count). The number of esters is 1. The lowest BCUT2D eigenvalue weighted by atomic mass is 10.1. The molecule has 162 valence electrons. The van der Waals surface area contributed by atoms with E-state index in [0.29, 0.717) is 12.2 Å². The van der Waals surface area contributed by atoms with E-state index in [0.717, 1.165) is 44.5 Å². The van der Waals surface area contributed by atoms with E-state index in [1.165, 1.54) is 19.3 Å². The molecule has 1 aliphatic carbocycles. The van der Waals surface area contributed by atoms with Gasteiger partial charge in [-0.15, -0.1) is 0 Å². The molecule has 1 atom stereocenters. The molecule has 0 radical (unpaired) electrons. The lowest BCUT2D eigenvalue weighted by molar-refractivity contribution is -0.151. The first-order valence-electron chi connectivity index (χ1n) is 11.2. The fourth-order valence-corrected chi connectivity index (χ4v) is 4.82. The molecular weight excluding hydrogens is 382 g/mol. The SMILES string of the molecule is O=C(COC(=O)[C@H]1CC(=O)N(C2CCCC2)C1)Nc1ccc(N2CCCCC2)cc1. The van der Waals surface area contributed by atoms with Crippen molar-refractivity contribution in [3.63, 3.8) is 0 Å². The minimum absolute atomic E-state index is 0.0297. The highest BCUT2D eigenvalue weighted by Gasteiger charge is 2.39. The number of nitrogens with one attached hydrogen (secondary N) is 1. The number of likely N-dealkylation sites (tertiary alicyclic amines) is 1. The Morgan fingerprint density at radius 3 is 2.40 bits per heavy atom. The lowest BCUT2D eigenvalue weighted by Crippen LogP contribution is -2.35. The molecular formula is C23H31N3O4. The van der Waals surface area contributed by atoms with Crippen molar-refractivity contribution in [2.45, 2.75) is 57.4 Å². The second kappa shape index (κ2) is 9.49. The van der Waals surface area contributed by atoms with E-state index in [4.69, 9.17) is 4.74 Å². The Kier molecular flexibility index (Phi) is 6.55. The van der Waals surface area contributed by atoms with Crippen molar-refractivity contribution in [2.75, 3.05) is 36.5 Å². The van der Waals surface area contributed by atoms with Crippen LogP contribution in [0.5, 0.6) is 0 Å². The maximum atomic E-state index is 12.3. The van der Waals surface area contributed by atoms with Gasteiger partial charge in [-0.1, -0.05) is 12.8 Å². The van der Waals surface area contributed by atoms with Gasteiger partial charge in [-0.2, -0.15) is 0 Å². The normalized spacial score (nSPS) is 22.4. The summed E-state index contributed by atoms with van der Waals surface area (Å²) in [6.45, 7) is 2.23. The third-order valence-corrected chi connectivity index (χ3v) is 6.48. The van der Waals surface area contributed by atoms with Gasteiger partial charge in [0.2, 0.25) is 5.91 Å². The van der Waals surface area contributed by atoms with Crippen LogP contribution in [0.25, 0.3) is 0 Å². The molecule has 7 nitrogen and oxygen atoms in total. The van der Waals surface area contributed by atoms with E-state index in [-0.39, 0.29) is 30.9 Å². The summed E-state index contributed by atoms with van der Waals surface area (Å²) < 4.78 is 5.20. The van der Waals surface area contributed by atoms with E-state index >= 15 is 0 Å². The average Bonchev–Trinajstić information content (AvgIpc) is 3.43. The van der Waals surface area contributed by atoms with Crippen LogP contribution in [0.1, 0.15) is 51.4 Å². The van der Waals surface area contributed by atoms with Gasteiger partial charge >= 0.3 is 5.97 Å². The number of piperidine rings is 1. The van der Waals surface area contributed by atoms with Gasteiger partial charge in [0.15, 0.2) is 6.61 Å². The number of rotatable bonds is 6. The van der Waals surface area contributed by atoms with Crippen LogP contribution >= 0.6 is 0 Å². The van der Waals surface area contributed by atoms with Crippen LogP contribution in [0.3, 0.4) is 0 Å². The summed E-state index contributed by atoms with van der Waals surface area (Å²) in [7, 11) is 0. The third kappa shape index (κ3) is 4.94. The molecule has 0 aromatic heterocycles. The van der Waals surface area contributed by atoms with Crippen molar-refractivity contribution in [3.8, 4) is 0 Å². The Bertz CT molecular complexity index is 767. The van der Waals surface area contributed by atoms with Crippen molar-refractivity contribution in [1.82, 2.24) is 4.90 Å². The quantitative estimate of drug-likeness (QED) is 0.726. The number of nitrogens with zero attached hydrogens (tertiary/aromatic N) is 2. The van der Waals surface area contributed by atoms with Crippen LogP contribution in [-0.4, -0.2) is 55.0 Å². The lowest BCUT2D eigenvalue weighted by Gasteiger charge is -2.28. The van der Waals surface area contributed by atoms with E-state index in [1.807, 2.05) is 29.2 Å². The van der Waals surface area contributed by atoms with Gasteiger partial charge < -0.3 is 19.9 Å². The molecule has 0 bridgehead atoms. The van der Waals surface area contributed by atoms with Gasteiger partial charge in [-0.3, -0.25) is 14.4 Å². The first-order chi connectivity index (χ1) is 14.6. The molecule has 2 amide bonds. The zero-order chi connectivity index (χ0) is 20.9. The van der Waals surface area contributed by atoms with Gasteiger partial charge in [0.05, 0.1) is 5.92 Å². The molecule has 2 aliphatic heterocycles. The summed E-state index contributed by atoms with van der Waals surface area (Å²) in [5.41, 5.74) is 1.84. The third-order valence-electron chi connectivity index (χ3n) is 6.48. The van der Waals surface area contributed by atoms with Crippen molar-refractivity contribution >= 4 is 29.2 Å². The van der Waals surface area contributed by atoms with Crippen LogP contribution < -0.4 is 10.2 Å². The molecule has 3 fully saturated rings. The van der Waals surface area contributed by atoms with Gasteiger partial charge in [0, 0.05) is 43.5 Å². The van der Waals surface area contributed by atoms with E-state index < -0.39 is 11.9 Å². The first-order valence-corrected chi connectivity index (χ1v) is 11.2. The zero-order valence-electron chi connectivity index (χ0n) is 17.5. The zero-order valence-corrected chi connectivity index (χ0v) is 17.5. The second-order valence-corrected chi connectivity index (χ2v) is 8.64.